The summed E-state index contributed by atoms with van der Waals surface area (Å²) >= 11 is 1.50. The monoisotopic (exact) mass is 433 g/mol. The third kappa shape index (κ3) is 3.77. The topological polar surface area (TPSA) is 66.2 Å². The number of hydrogen-bond acceptors (Lipinski definition) is 6. The van der Waals surface area contributed by atoms with Crippen molar-refractivity contribution in [2.75, 3.05) is 20.0 Å². The number of aryl methyl sites for hydroxylation is 1. The Kier molecular flexibility index (Phi) is 5.95. The van der Waals surface area contributed by atoms with Crippen LogP contribution in [0.2, 0.25) is 0 Å². The summed E-state index contributed by atoms with van der Waals surface area (Å²) in [5.74, 6) is 0.385. The Morgan fingerprint density at radius 1 is 1.03 bits per heavy atom. The number of methoxy groups -OCH3 is 1. The number of ether oxygens (including phenoxy) is 2. The van der Waals surface area contributed by atoms with E-state index in [9.17, 15) is 4.79 Å². The lowest BCUT2D eigenvalue weighted by Crippen LogP contribution is -2.10. The molecule has 0 spiro atoms. The average molecular weight is 434 g/mol. The number of aromatic nitrogens is 3. The first-order valence-electron chi connectivity index (χ1n) is 9.90. The smallest absolute Gasteiger partial charge is 0.341 e. The Hall–Kier alpha value is -3.32. The van der Waals surface area contributed by atoms with Crippen LogP contribution in [0, 0.1) is 0 Å². The highest BCUT2D eigenvalue weighted by atomic mass is 32.2. The number of carbonyl (C=O) groups is 1. The number of benzene rings is 2. The average Bonchev–Trinajstić information content (AvgIpc) is 3.14. The van der Waals surface area contributed by atoms with Crippen molar-refractivity contribution in [3.63, 3.8) is 0 Å². The lowest BCUT2D eigenvalue weighted by molar-refractivity contribution is 0.0523. The normalized spacial score (nSPS) is 11.0. The second-order valence-electron chi connectivity index (χ2n) is 6.85. The molecule has 0 aliphatic rings. The van der Waals surface area contributed by atoms with Crippen molar-refractivity contribution >= 4 is 28.8 Å². The van der Waals surface area contributed by atoms with Crippen LogP contribution in [-0.4, -0.2) is 40.7 Å². The predicted octanol–water partition coefficient (Wildman–Crippen LogP) is 5.21. The number of pyridine rings is 1. The minimum atomic E-state index is -0.385. The summed E-state index contributed by atoms with van der Waals surface area (Å²) in [6.45, 7) is 2.09. The Morgan fingerprint density at radius 2 is 1.71 bits per heavy atom. The van der Waals surface area contributed by atoms with Crippen LogP contribution in [0.15, 0.2) is 59.5 Å². The lowest BCUT2D eigenvalue weighted by Gasteiger charge is -2.14. The first kappa shape index (κ1) is 20.9. The molecule has 0 saturated heterocycles. The van der Waals surface area contributed by atoms with E-state index in [0.717, 1.165) is 32.9 Å². The molecule has 0 bridgehead atoms. The first-order valence-corrected chi connectivity index (χ1v) is 11.1. The van der Waals surface area contributed by atoms with Crippen molar-refractivity contribution in [2.45, 2.75) is 11.8 Å². The standard InChI is InChI=1S/C24H23N3O3S/c1-5-30-24(28)19-20(15-9-7-6-8-10-15)25-23-18(22(19)31-4)21(26-27(23)2)16-11-13-17(29-3)14-12-16/h6-14H,5H2,1-4H3. The second-order valence-corrected chi connectivity index (χ2v) is 7.67. The van der Waals surface area contributed by atoms with Crippen molar-refractivity contribution in [3.8, 4) is 28.3 Å². The van der Waals surface area contributed by atoms with Crippen LogP contribution in [0.25, 0.3) is 33.5 Å². The van der Waals surface area contributed by atoms with Crippen molar-refractivity contribution < 1.29 is 14.3 Å². The molecule has 0 radical (unpaired) electrons. The summed E-state index contributed by atoms with van der Waals surface area (Å²) < 4.78 is 12.5. The van der Waals surface area contributed by atoms with Gasteiger partial charge >= 0.3 is 5.97 Å². The van der Waals surface area contributed by atoms with E-state index < -0.39 is 0 Å². The molecule has 2 aromatic heterocycles. The minimum Gasteiger partial charge on any atom is -0.497 e. The van der Waals surface area contributed by atoms with Crippen molar-refractivity contribution in [1.82, 2.24) is 14.8 Å². The Morgan fingerprint density at radius 3 is 2.32 bits per heavy atom. The summed E-state index contributed by atoms with van der Waals surface area (Å²) in [5.41, 5.74) is 4.32. The quantitative estimate of drug-likeness (QED) is 0.307. The molecule has 0 aliphatic carbocycles. The van der Waals surface area contributed by atoms with Crippen LogP contribution < -0.4 is 4.74 Å². The summed E-state index contributed by atoms with van der Waals surface area (Å²) in [6.07, 6.45) is 1.96. The maximum Gasteiger partial charge on any atom is 0.341 e. The number of thioether (sulfide) groups is 1. The number of carbonyl (C=O) groups excluding carboxylic acids is 1. The highest BCUT2D eigenvalue weighted by molar-refractivity contribution is 7.99. The molecular weight excluding hydrogens is 410 g/mol. The maximum atomic E-state index is 13.1. The number of rotatable bonds is 6. The number of hydrogen-bond donors (Lipinski definition) is 0. The first-order chi connectivity index (χ1) is 15.1. The zero-order valence-corrected chi connectivity index (χ0v) is 18.7. The van der Waals surface area contributed by atoms with Crippen LogP contribution >= 0.6 is 11.8 Å². The second kappa shape index (κ2) is 8.81. The van der Waals surface area contributed by atoms with Crippen LogP contribution in [0.5, 0.6) is 5.75 Å². The molecular formula is C24H23N3O3S. The van der Waals surface area contributed by atoms with Crippen LogP contribution in [0.3, 0.4) is 0 Å². The zero-order valence-electron chi connectivity index (χ0n) is 17.9. The Labute approximate surface area is 185 Å². The number of fused-ring (bicyclic) bond motifs is 1. The number of esters is 1. The molecule has 0 amide bonds. The summed E-state index contributed by atoms with van der Waals surface area (Å²) in [5, 5.41) is 5.59. The third-order valence-electron chi connectivity index (χ3n) is 5.02. The van der Waals surface area contributed by atoms with Crippen molar-refractivity contribution in [1.29, 1.82) is 0 Å². The van der Waals surface area contributed by atoms with Crippen LogP contribution in [0.1, 0.15) is 17.3 Å². The van der Waals surface area contributed by atoms with E-state index in [-0.39, 0.29) is 12.6 Å². The Balaban J connectivity index is 2.06. The summed E-state index contributed by atoms with van der Waals surface area (Å²) in [6, 6.07) is 17.4. The van der Waals surface area contributed by atoms with E-state index in [4.69, 9.17) is 19.6 Å². The van der Waals surface area contributed by atoms with E-state index in [1.165, 1.54) is 11.8 Å². The van der Waals surface area contributed by atoms with E-state index in [1.807, 2.05) is 67.9 Å². The van der Waals surface area contributed by atoms with Gasteiger partial charge in [0.15, 0.2) is 5.65 Å². The molecule has 4 aromatic rings. The van der Waals surface area contributed by atoms with Gasteiger partial charge in [-0.3, -0.25) is 0 Å². The largest absolute Gasteiger partial charge is 0.497 e. The van der Waals surface area contributed by atoms with Gasteiger partial charge in [-0.15, -0.1) is 11.8 Å². The molecule has 4 rings (SSSR count). The fraction of sp³-hybridized carbons (Fsp3) is 0.208. The van der Waals surface area contributed by atoms with Crippen LogP contribution in [-0.2, 0) is 11.8 Å². The van der Waals surface area contributed by atoms with E-state index in [2.05, 4.69) is 0 Å². The van der Waals surface area contributed by atoms with E-state index >= 15 is 0 Å². The molecule has 0 atom stereocenters. The van der Waals surface area contributed by atoms with Gasteiger partial charge in [-0.2, -0.15) is 5.10 Å². The molecule has 7 heteroatoms. The highest BCUT2D eigenvalue weighted by Gasteiger charge is 2.27. The van der Waals surface area contributed by atoms with Gasteiger partial charge in [0, 0.05) is 23.1 Å². The fourth-order valence-electron chi connectivity index (χ4n) is 3.60. The van der Waals surface area contributed by atoms with E-state index in [0.29, 0.717) is 16.9 Å². The van der Waals surface area contributed by atoms with Gasteiger partial charge in [0.25, 0.3) is 0 Å². The van der Waals surface area contributed by atoms with Gasteiger partial charge in [0.2, 0.25) is 0 Å². The van der Waals surface area contributed by atoms with Gasteiger partial charge in [-0.05, 0) is 37.4 Å². The van der Waals surface area contributed by atoms with Gasteiger partial charge in [0.1, 0.15) is 17.0 Å². The van der Waals surface area contributed by atoms with Gasteiger partial charge in [-0.1, -0.05) is 30.3 Å². The molecule has 2 aromatic carbocycles. The molecule has 6 nitrogen and oxygen atoms in total. The molecule has 0 saturated carbocycles. The minimum absolute atomic E-state index is 0.289. The molecule has 0 aliphatic heterocycles. The van der Waals surface area contributed by atoms with Crippen LogP contribution in [0.4, 0.5) is 0 Å². The Bertz CT molecular complexity index is 1230. The molecule has 31 heavy (non-hydrogen) atoms. The molecule has 0 N–H and O–H groups in total. The third-order valence-corrected chi connectivity index (χ3v) is 5.84. The van der Waals surface area contributed by atoms with Gasteiger partial charge in [0.05, 0.1) is 24.8 Å². The maximum absolute atomic E-state index is 13.1. The molecule has 0 fully saturated rings. The number of nitrogens with zero attached hydrogens (tertiary/aromatic N) is 3. The van der Waals surface area contributed by atoms with Crippen molar-refractivity contribution in [3.05, 3.63) is 60.2 Å². The highest BCUT2D eigenvalue weighted by Crippen LogP contribution is 2.40. The predicted molar refractivity (Wildman–Crippen MR) is 124 cm³/mol. The van der Waals surface area contributed by atoms with E-state index in [1.54, 1.807) is 18.7 Å². The molecule has 0 unspecified atom stereocenters. The van der Waals surface area contributed by atoms with Crippen molar-refractivity contribution in [2.24, 2.45) is 7.05 Å². The molecule has 2 heterocycles. The summed E-state index contributed by atoms with van der Waals surface area (Å²) in [4.78, 5) is 18.8. The SMILES string of the molecule is CCOC(=O)c1c(-c2ccccc2)nc2c(c(-c3ccc(OC)cc3)nn2C)c1SC. The zero-order chi connectivity index (χ0) is 22.0. The summed E-state index contributed by atoms with van der Waals surface area (Å²) in [7, 11) is 3.50. The lowest BCUT2D eigenvalue weighted by atomic mass is 10.0. The molecule has 158 valence electrons. The fourth-order valence-corrected chi connectivity index (χ4v) is 4.38. The van der Waals surface area contributed by atoms with Gasteiger partial charge < -0.3 is 9.47 Å². The van der Waals surface area contributed by atoms with Gasteiger partial charge in [-0.25, -0.2) is 14.5 Å².